The van der Waals surface area contributed by atoms with Gasteiger partial charge in [0.2, 0.25) is 5.91 Å². The Morgan fingerprint density at radius 3 is 2.82 bits per heavy atom. The van der Waals surface area contributed by atoms with E-state index in [9.17, 15) is 14.4 Å². The highest BCUT2D eigenvalue weighted by atomic mass is 16.5. The van der Waals surface area contributed by atoms with Gasteiger partial charge in [-0.2, -0.15) is 0 Å². The number of hydrogen-bond acceptors (Lipinski definition) is 4. The molecule has 120 valence electrons. The Morgan fingerprint density at radius 1 is 1.36 bits per heavy atom. The van der Waals surface area contributed by atoms with Crippen LogP contribution in [-0.4, -0.2) is 45.7 Å². The maximum atomic E-state index is 12.5. The molecule has 7 nitrogen and oxygen atoms in total. The van der Waals surface area contributed by atoms with Crippen molar-refractivity contribution < 1.29 is 9.53 Å². The molecule has 0 aromatic carbocycles. The second-order valence-corrected chi connectivity index (χ2v) is 6.21. The van der Waals surface area contributed by atoms with Crippen LogP contribution in [0.3, 0.4) is 0 Å². The van der Waals surface area contributed by atoms with Crippen LogP contribution in [0.1, 0.15) is 31.2 Å². The molecule has 22 heavy (non-hydrogen) atoms. The molecule has 0 radical (unpaired) electrons. The van der Waals surface area contributed by atoms with E-state index in [0.29, 0.717) is 25.3 Å². The second kappa shape index (κ2) is 5.72. The molecule has 1 aliphatic carbocycles. The van der Waals surface area contributed by atoms with Gasteiger partial charge < -0.3 is 14.6 Å². The van der Waals surface area contributed by atoms with Crippen LogP contribution in [0.5, 0.6) is 0 Å². The first-order valence-corrected chi connectivity index (χ1v) is 7.70. The van der Waals surface area contributed by atoms with Gasteiger partial charge in [0, 0.05) is 31.9 Å². The first-order valence-electron chi connectivity index (χ1n) is 7.70. The Morgan fingerprint density at radius 2 is 2.09 bits per heavy atom. The first kappa shape index (κ1) is 15.0. The lowest BCUT2D eigenvalue weighted by molar-refractivity contribution is -0.149. The standard InChI is InChI=1S/C15H21N3O4/c1-17-13(20)11(9-16-14(17)21)8-12(19)18-6-7-22-15(10-18)4-2-3-5-15/h9H,2-8,10H2,1H3,(H,16,21). The molecule has 2 aliphatic rings. The van der Waals surface area contributed by atoms with Gasteiger partial charge in [-0.15, -0.1) is 0 Å². The average molecular weight is 307 g/mol. The van der Waals surface area contributed by atoms with Crippen molar-refractivity contribution in [1.82, 2.24) is 14.5 Å². The number of H-pyrrole nitrogens is 1. The van der Waals surface area contributed by atoms with Gasteiger partial charge in [-0.3, -0.25) is 14.2 Å². The van der Waals surface area contributed by atoms with E-state index >= 15 is 0 Å². The summed E-state index contributed by atoms with van der Waals surface area (Å²) in [5.74, 6) is -0.0845. The molecule has 1 aromatic rings. The van der Waals surface area contributed by atoms with E-state index in [-0.39, 0.29) is 17.9 Å². The first-order chi connectivity index (χ1) is 10.5. The summed E-state index contributed by atoms with van der Waals surface area (Å²) >= 11 is 0. The zero-order chi connectivity index (χ0) is 15.7. The highest BCUT2D eigenvalue weighted by molar-refractivity contribution is 5.78. The lowest BCUT2D eigenvalue weighted by Crippen LogP contribution is -2.53. The minimum absolute atomic E-state index is 0.0134. The second-order valence-electron chi connectivity index (χ2n) is 6.21. The van der Waals surface area contributed by atoms with Crippen molar-refractivity contribution >= 4 is 5.91 Å². The minimum atomic E-state index is -0.475. The summed E-state index contributed by atoms with van der Waals surface area (Å²) in [4.78, 5) is 40.1. The molecule has 1 aromatic heterocycles. The number of nitrogens with zero attached hydrogens (tertiary/aromatic N) is 2. The van der Waals surface area contributed by atoms with Crippen molar-refractivity contribution in [3.05, 3.63) is 32.6 Å². The van der Waals surface area contributed by atoms with Crippen LogP contribution in [0, 0.1) is 0 Å². The molecule has 2 heterocycles. The third kappa shape index (κ3) is 2.72. The van der Waals surface area contributed by atoms with Crippen LogP contribution < -0.4 is 11.2 Å². The molecule has 0 atom stereocenters. The molecule has 7 heteroatoms. The van der Waals surface area contributed by atoms with Gasteiger partial charge in [-0.25, -0.2) is 4.79 Å². The van der Waals surface area contributed by atoms with Crippen molar-refractivity contribution in [3.63, 3.8) is 0 Å². The Hall–Kier alpha value is -1.89. The summed E-state index contributed by atoms with van der Waals surface area (Å²) in [7, 11) is 1.40. The number of hydrogen-bond donors (Lipinski definition) is 1. The Bertz CT molecular complexity index is 685. The van der Waals surface area contributed by atoms with Gasteiger partial charge in [-0.1, -0.05) is 12.8 Å². The van der Waals surface area contributed by atoms with Crippen molar-refractivity contribution in [1.29, 1.82) is 0 Å². The Balaban J connectivity index is 1.73. The van der Waals surface area contributed by atoms with E-state index in [1.54, 1.807) is 4.90 Å². The number of ether oxygens (including phenoxy) is 1. The predicted octanol–water partition coefficient (Wildman–Crippen LogP) is -0.212. The Kier molecular flexibility index (Phi) is 3.90. The highest BCUT2D eigenvalue weighted by Crippen LogP contribution is 2.35. The van der Waals surface area contributed by atoms with Crippen molar-refractivity contribution in [2.75, 3.05) is 19.7 Å². The zero-order valence-electron chi connectivity index (χ0n) is 12.8. The van der Waals surface area contributed by atoms with Gasteiger partial charge in [0.1, 0.15) is 0 Å². The predicted molar refractivity (Wildman–Crippen MR) is 79.7 cm³/mol. The number of aromatic amines is 1. The normalized spacial score (nSPS) is 20.5. The number of amides is 1. The average Bonchev–Trinajstić information content (AvgIpc) is 2.95. The molecule has 0 bridgehead atoms. The monoisotopic (exact) mass is 307 g/mol. The van der Waals surface area contributed by atoms with Gasteiger partial charge in [0.15, 0.2) is 0 Å². The summed E-state index contributed by atoms with van der Waals surface area (Å²) in [6, 6.07) is 0. The zero-order valence-corrected chi connectivity index (χ0v) is 12.8. The number of aromatic nitrogens is 2. The SMILES string of the molecule is Cn1c(=O)[nH]cc(CC(=O)N2CCOC3(CCCC3)C2)c1=O. The summed E-state index contributed by atoms with van der Waals surface area (Å²) in [6.45, 7) is 1.72. The quantitative estimate of drug-likeness (QED) is 0.819. The van der Waals surface area contributed by atoms with E-state index in [1.165, 1.54) is 13.2 Å². The molecule has 1 saturated heterocycles. The van der Waals surface area contributed by atoms with Gasteiger partial charge in [0.05, 0.1) is 18.6 Å². The van der Waals surface area contributed by atoms with Crippen molar-refractivity contribution in [3.8, 4) is 0 Å². The smallest absolute Gasteiger partial charge is 0.328 e. The van der Waals surface area contributed by atoms with E-state index in [4.69, 9.17) is 4.74 Å². The van der Waals surface area contributed by atoms with Crippen LogP contribution in [0.25, 0.3) is 0 Å². The third-order valence-electron chi connectivity index (χ3n) is 4.71. The van der Waals surface area contributed by atoms with E-state index < -0.39 is 11.2 Å². The lowest BCUT2D eigenvalue weighted by Gasteiger charge is -2.40. The summed E-state index contributed by atoms with van der Waals surface area (Å²) in [5, 5.41) is 0. The molecule has 1 aliphatic heterocycles. The topological polar surface area (TPSA) is 84.4 Å². The number of nitrogens with one attached hydrogen (secondary N) is 1. The lowest BCUT2D eigenvalue weighted by atomic mass is 9.99. The van der Waals surface area contributed by atoms with E-state index in [1.807, 2.05) is 0 Å². The number of carbonyl (C=O) groups is 1. The van der Waals surface area contributed by atoms with Crippen LogP contribution in [0.4, 0.5) is 0 Å². The Labute approximate surface area is 127 Å². The summed E-state index contributed by atoms with van der Waals surface area (Å²) in [5.41, 5.74) is -0.748. The number of carbonyl (C=O) groups excluding carboxylic acids is 1. The number of morpholine rings is 1. The minimum Gasteiger partial charge on any atom is -0.371 e. The molecular formula is C15H21N3O4. The third-order valence-corrected chi connectivity index (χ3v) is 4.71. The molecule has 1 saturated carbocycles. The molecule has 0 unspecified atom stereocenters. The van der Waals surface area contributed by atoms with Gasteiger partial charge in [-0.05, 0) is 12.8 Å². The van der Waals surface area contributed by atoms with Crippen LogP contribution in [0.15, 0.2) is 15.8 Å². The van der Waals surface area contributed by atoms with Crippen molar-refractivity contribution in [2.24, 2.45) is 7.05 Å². The fourth-order valence-corrected chi connectivity index (χ4v) is 3.40. The van der Waals surface area contributed by atoms with Crippen LogP contribution >= 0.6 is 0 Å². The molecule has 3 rings (SSSR count). The van der Waals surface area contributed by atoms with E-state index in [2.05, 4.69) is 4.98 Å². The van der Waals surface area contributed by atoms with Gasteiger partial charge in [0.25, 0.3) is 5.56 Å². The highest BCUT2D eigenvalue weighted by Gasteiger charge is 2.40. The maximum absolute atomic E-state index is 12.5. The molecule has 2 fully saturated rings. The van der Waals surface area contributed by atoms with Crippen LogP contribution in [-0.2, 0) is 23.0 Å². The molecule has 1 spiro atoms. The van der Waals surface area contributed by atoms with Crippen molar-refractivity contribution in [2.45, 2.75) is 37.7 Å². The summed E-state index contributed by atoms with van der Waals surface area (Å²) < 4.78 is 6.89. The molecule has 1 amide bonds. The fourth-order valence-electron chi connectivity index (χ4n) is 3.40. The van der Waals surface area contributed by atoms with Crippen LogP contribution in [0.2, 0.25) is 0 Å². The van der Waals surface area contributed by atoms with E-state index in [0.717, 1.165) is 30.3 Å². The molecular weight excluding hydrogens is 286 g/mol. The summed E-state index contributed by atoms with van der Waals surface area (Å²) in [6.07, 6.45) is 5.63. The number of rotatable bonds is 2. The maximum Gasteiger partial charge on any atom is 0.328 e. The largest absolute Gasteiger partial charge is 0.371 e. The fraction of sp³-hybridized carbons (Fsp3) is 0.667. The molecule has 1 N–H and O–H groups in total. The van der Waals surface area contributed by atoms with Gasteiger partial charge >= 0.3 is 5.69 Å².